The summed E-state index contributed by atoms with van der Waals surface area (Å²) in [5, 5.41) is 4.29. The first-order valence-electron chi connectivity index (χ1n) is 8.05. The molecule has 0 N–H and O–H groups in total. The Morgan fingerprint density at radius 2 is 1.89 bits per heavy atom. The lowest BCUT2D eigenvalue weighted by Gasteiger charge is -2.08. The summed E-state index contributed by atoms with van der Waals surface area (Å²) >= 11 is 0. The lowest BCUT2D eigenvalue weighted by Crippen LogP contribution is -2.02. The van der Waals surface area contributed by atoms with Crippen LogP contribution in [0.4, 0.5) is 13.2 Å². The van der Waals surface area contributed by atoms with Crippen LogP contribution in [-0.4, -0.2) is 26.4 Å². The molecule has 0 aliphatic heterocycles. The van der Waals surface area contributed by atoms with Crippen molar-refractivity contribution in [2.75, 3.05) is 0 Å². The molecule has 27 heavy (non-hydrogen) atoms. The van der Waals surface area contributed by atoms with E-state index in [1.54, 1.807) is 35.4 Å². The quantitative estimate of drug-likeness (QED) is 0.526. The number of pyridine rings is 2. The first-order chi connectivity index (χ1) is 13.1. The number of ether oxygens (including phenoxy) is 1. The monoisotopic (exact) mass is 370 g/mol. The zero-order valence-corrected chi connectivity index (χ0v) is 13.9. The smallest absolute Gasteiger partial charge is 0.387 e. The molecule has 0 fully saturated rings. The molecule has 3 aromatic heterocycles. The Balaban J connectivity index is 1.70. The largest absolute Gasteiger partial charge is 0.435 e. The third kappa shape index (κ3) is 3.74. The maximum atomic E-state index is 13.4. The topological polar surface area (TPSA) is 52.8 Å². The van der Waals surface area contributed by atoms with Gasteiger partial charge in [-0.3, -0.25) is 14.6 Å². The number of aromatic nitrogens is 4. The van der Waals surface area contributed by atoms with E-state index >= 15 is 0 Å². The van der Waals surface area contributed by atoms with Gasteiger partial charge in [0, 0.05) is 18.0 Å². The molecule has 0 unspecified atom stereocenters. The summed E-state index contributed by atoms with van der Waals surface area (Å²) in [7, 11) is 0. The Bertz CT molecular complexity index is 1100. The highest BCUT2D eigenvalue weighted by Crippen LogP contribution is 2.27. The summed E-state index contributed by atoms with van der Waals surface area (Å²) in [6, 6.07) is 9.63. The van der Waals surface area contributed by atoms with Crippen LogP contribution in [0, 0.1) is 5.82 Å². The number of halogens is 3. The van der Waals surface area contributed by atoms with Crippen molar-refractivity contribution in [1.29, 1.82) is 0 Å². The van der Waals surface area contributed by atoms with Crippen molar-refractivity contribution in [2.24, 2.45) is 0 Å². The summed E-state index contributed by atoms with van der Waals surface area (Å²) in [5.74, 6) is -0.347. The molecule has 0 spiro atoms. The molecule has 4 aromatic rings. The van der Waals surface area contributed by atoms with E-state index in [-0.39, 0.29) is 5.75 Å². The molecule has 3 heterocycles. The fourth-order valence-electron chi connectivity index (χ4n) is 2.81. The van der Waals surface area contributed by atoms with Gasteiger partial charge in [-0.05, 0) is 35.4 Å². The average Bonchev–Trinajstić information content (AvgIpc) is 3.03. The van der Waals surface area contributed by atoms with Gasteiger partial charge in [0.05, 0.1) is 24.5 Å². The fraction of sp³-hybridized carbons (Fsp3) is 0.105. The molecule has 136 valence electrons. The van der Waals surface area contributed by atoms with Crippen molar-refractivity contribution < 1.29 is 17.9 Å². The van der Waals surface area contributed by atoms with E-state index in [1.807, 2.05) is 6.07 Å². The third-order valence-electron chi connectivity index (χ3n) is 3.98. The number of rotatable bonds is 5. The van der Waals surface area contributed by atoms with Gasteiger partial charge in [0.2, 0.25) is 0 Å². The summed E-state index contributed by atoms with van der Waals surface area (Å²) in [6.07, 6.45) is 5.96. The number of fused-ring (bicyclic) bond motifs is 1. The minimum Gasteiger partial charge on any atom is -0.435 e. The molecule has 0 amide bonds. The van der Waals surface area contributed by atoms with E-state index in [0.29, 0.717) is 23.2 Å². The second-order valence-electron chi connectivity index (χ2n) is 5.85. The van der Waals surface area contributed by atoms with Crippen molar-refractivity contribution in [2.45, 2.75) is 13.2 Å². The van der Waals surface area contributed by atoms with Gasteiger partial charge in [-0.1, -0.05) is 12.1 Å². The first kappa shape index (κ1) is 17.0. The molecule has 0 saturated carbocycles. The Hall–Kier alpha value is -3.42. The van der Waals surface area contributed by atoms with E-state index in [0.717, 1.165) is 17.3 Å². The van der Waals surface area contributed by atoms with Gasteiger partial charge in [0.1, 0.15) is 17.1 Å². The minimum absolute atomic E-state index is 0.0712. The van der Waals surface area contributed by atoms with Gasteiger partial charge < -0.3 is 4.74 Å². The van der Waals surface area contributed by atoms with Crippen molar-refractivity contribution in [1.82, 2.24) is 19.7 Å². The van der Waals surface area contributed by atoms with Gasteiger partial charge >= 0.3 is 6.61 Å². The summed E-state index contributed by atoms with van der Waals surface area (Å²) in [6.45, 7) is -2.56. The van der Waals surface area contributed by atoms with Crippen molar-refractivity contribution in [3.8, 4) is 16.9 Å². The number of nitrogens with zero attached hydrogens (tertiary/aromatic N) is 4. The van der Waals surface area contributed by atoms with Gasteiger partial charge in [-0.2, -0.15) is 13.9 Å². The number of benzene rings is 1. The molecular formula is C19H13F3N4O. The van der Waals surface area contributed by atoms with Crippen LogP contribution in [0.2, 0.25) is 0 Å². The third-order valence-corrected chi connectivity index (χ3v) is 3.98. The lowest BCUT2D eigenvalue weighted by atomic mass is 10.1. The van der Waals surface area contributed by atoms with Crippen molar-refractivity contribution in [3.63, 3.8) is 0 Å². The fourth-order valence-corrected chi connectivity index (χ4v) is 2.81. The Morgan fingerprint density at radius 1 is 1.00 bits per heavy atom. The number of hydrogen-bond acceptors (Lipinski definition) is 4. The van der Waals surface area contributed by atoms with E-state index < -0.39 is 12.4 Å². The summed E-state index contributed by atoms with van der Waals surface area (Å²) in [5.41, 5.74) is 3.47. The molecule has 8 heteroatoms. The van der Waals surface area contributed by atoms with Crippen LogP contribution in [0.3, 0.4) is 0 Å². The minimum atomic E-state index is -2.89. The molecule has 0 atom stereocenters. The molecule has 0 aliphatic carbocycles. The first-order valence-corrected chi connectivity index (χ1v) is 8.05. The molecule has 5 nitrogen and oxygen atoms in total. The Kier molecular flexibility index (Phi) is 4.45. The van der Waals surface area contributed by atoms with Gasteiger partial charge in [0.25, 0.3) is 0 Å². The summed E-state index contributed by atoms with van der Waals surface area (Å²) < 4.78 is 44.3. The zero-order valence-electron chi connectivity index (χ0n) is 13.9. The van der Waals surface area contributed by atoms with Crippen LogP contribution in [0.5, 0.6) is 5.75 Å². The highest BCUT2D eigenvalue weighted by Gasteiger charge is 2.10. The highest BCUT2D eigenvalue weighted by atomic mass is 19.3. The Labute approximate surface area is 152 Å². The van der Waals surface area contributed by atoms with E-state index in [2.05, 4.69) is 19.8 Å². The second-order valence-corrected chi connectivity index (χ2v) is 5.85. The normalized spacial score (nSPS) is 11.3. The molecule has 0 radical (unpaired) electrons. The standard InChI is InChI=1S/C19H13F3N4O/c20-15-4-12(7-23-9-15)11-26-18-6-14(8-24-17(18)10-25-26)13-2-1-3-16(5-13)27-19(21)22/h1-10,19H,11H2. The predicted octanol–water partition coefficient (Wildman–Crippen LogP) is 4.28. The lowest BCUT2D eigenvalue weighted by molar-refractivity contribution is -0.0498. The molecule has 4 rings (SSSR count). The van der Waals surface area contributed by atoms with E-state index in [9.17, 15) is 13.2 Å². The van der Waals surface area contributed by atoms with Gasteiger partial charge in [-0.15, -0.1) is 0 Å². The molecular weight excluding hydrogens is 357 g/mol. The second kappa shape index (κ2) is 7.06. The van der Waals surface area contributed by atoms with E-state index in [1.165, 1.54) is 18.2 Å². The maximum absolute atomic E-state index is 13.4. The number of alkyl halides is 2. The van der Waals surface area contributed by atoms with Gasteiger partial charge in [0.15, 0.2) is 0 Å². The average molecular weight is 370 g/mol. The molecule has 1 aromatic carbocycles. The van der Waals surface area contributed by atoms with Crippen LogP contribution < -0.4 is 4.74 Å². The molecule has 0 bridgehead atoms. The van der Waals surface area contributed by atoms with Gasteiger partial charge in [-0.25, -0.2) is 4.39 Å². The van der Waals surface area contributed by atoms with Crippen LogP contribution >= 0.6 is 0 Å². The molecule has 0 saturated heterocycles. The predicted molar refractivity (Wildman–Crippen MR) is 92.9 cm³/mol. The van der Waals surface area contributed by atoms with Crippen molar-refractivity contribution in [3.05, 3.63) is 72.6 Å². The molecule has 0 aliphatic rings. The van der Waals surface area contributed by atoms with Crippen LogP contribution in [0.15, 0.2) is 61.2 Å². The maximum Gasteiger partial charge on any atom is 0.387 e. The summed E-state index contributed by atoms with van der Waals surface area (Å²) in [4.78, 5) is 8.20. The highest BCUT2D eigenvalue weighted by molar-refractivity contribution is 5.80. The zero-order chi connectivity index (χ0) is 18.8. The van der Waals surface area contributed by atoms with Crippen LogP contribution in [0.25, 0.3) is 22.2 Å². The van der Waals surface area contributed by atoms with E-state index in [4.69, 9.17) is 0 Å². The SMILES string of the molecule is Fc1cncc(Cn2ncc3ncc(-c4cccc(OC(F)F)c4)cc32)c1. The van der Waals surface area contributed by atoms with Crippen LogP contribution in [-0.2, 0) is 6.54 Å². The Morgan fingerprint density at radius 3 is 2.70 bits per heavy atom. The van der Waals surface area contributed by atoms with Crippen molar-refractivity contribution >= 4 is 11.0 Å². The number of hydrogen-bond donors (Lipinski definition) is 0. The van der Waals surface area contributed by atoms with Crippen LogP contribution in [0.1, 0.15) is 5.56 Å².